The van der Waals surface area contributed by atoms with Crippen LogP contribution in [0, 0.1) is 5.92 Å². The van der Waals surface area contributed by atoms with Crippen LogP contribution in [0.2, 0.25) is 0 Å². The molecule has 2 unspecified atom stereocenters. The first-order chi connectivity index (χ1) is 8.13. The predicted molar refractivity (Wildman–Crippen MR) is 71.3 cm³/mol. The molecule has 4 heteroatoms. The third-order valence-electron chi connectivity index (χ3n) is 2.55. The van der Waals surface area contributed by atoms with Crippen LogP contribution in [0.15, 0.2) is 17.5 Å². The van der Waals surface area contributed by atoms with E-state index < -0.39 is 0 Å². The van der Waals surface area contributed by atoms with Gasteiger partial charge < -0.3 is 10.1 Å². The Kier molecular flexibility index (Phi) is 6.22. The molecule has 1 heterocycles. The van der Waals surface area contributed by atoms with Gasteiger partial charge in [0.1, 0.15) is 0 Å². The Bertz CT molecular complexity index is 324. The van der Waals surface area contributed by atoms with E-state index in [0.717, 1.165) is 6.42 Å². The van der Waals surface area contributed by atoms with Gasteiger partial charge in [0, 0.05) is 17.5 Å². The molecule has 2 atom stereocenters. The fourth-order valence-electron chi connectivity index (χ4n) is 1.55. The Morgan fingerprint density at radius 3 is 2.88 bits per heavy atom. The summed E-state index contributed by atoms with van der Waals surface area (Å²) in [7, 11) is 0. The Labute approximate surface area is 107 Å². The minimum Gasteiger partial charge on any atom is -0.466 e. The summed E-state index contributed by atoms with van der Waals surface area (Å²) in [6.07, 6.45) is 1.01. The molecule has 96 valence electrons. The van der Waals surface area contributed by atoms with E-state index in [4.69, 9.17) is 4.74 Å². The fraction of sp³-hybridized carbons (Fsp3) is 0.615. The Morgan fingerprint density at radius 2 is 2.29 bits per heavy atom. The van der Waals surface area contributed by atoms with Crippen molar-refractivity contribution >= 4 is 17.3 Å². The molecule has 0 bridgehead atoms. The highest BCUT2D eigenvalue weighted by Crippen LogP contribution is 2.11. The summed E-state index contributed by atoms with van der Waals surface area (Å²) in [5, 5.41) is 5.45. The number of esters is 1. The normalized spacial score (nSPS) is 14.3. The highest BCUT2D eigenvalue weighted by Gasteiger charge is 2.14. The number of nitrogens with one attached hydrogen (secondary N) is 1. The molecule has 0 spiro atoms. The van der Waals surface area contributed by atoms with E-state index in [1.807, 2.05) is 13.8 Å². The van der Waals surface area contributed by atoms with E-state index in [9.17, 15) is 4.79 Å². The van der Waals surface area contributed by atoms with Gasteiger partial charge in [0.25, 0.3) is 0 Å². The summed E-state index contributed by atoms with van der Waals surface area (Å²) in [6, 6.07) is 4.58. The van der Waals surface area contributed by atoms with Gasteiger partial charge in [-0.05, 0) is 31.7 Å². The van der Waals surface area contributed by atoms with E-state index >= 15 is 0 Å². The molecule has 17 heavy (non-hydrogen) atoms. The highest BCUT2D eigenvalue weighted by molar-refractivity contribution is 7.09. The zero-order valence-electron chi connectivity index (χ0n) is 10.7. The number of hydrogen-bond acceptors (Lipinski definition) is 4. The lowest BCUT2D eigenvalue weighted by atomic mass is 10.1. The van der Waals surface area contributed by atoms with E-state index in [1.54, 1.807) is 11.3 Å². The predicted octanol–water partition coefficient (Wildman–Crippen LogP) is 2.47. The lowest BCUT2D eigenvalue weighted by Crippen LogP contribution is -2.34. The second kappa shape index (κ2) is 7.45. The topological polar surface area (TPSA) is 38.3 Å². The summed E-state index contributed by atoms with van der Waals surface area (Å²) in [4.78, 5) is 12.8. The zero-order valence-corrected chi connectivity index (χ0v) is 11.5. The molecule has 1 rings (SSSR count). The smallest absolute Gasteiger partial charge is 0.309 e. The van der Waals surface area contributed by atoms with Crippen molar-refractivity contribution in [3.05, 3.63) is 22.4 Å². The number of carbonyl (C=O) groups excluding carboxylic acids is 1. The average Bonchev–Trinajstić information content (AvgIpc) is 2.79. The molecule has 0 aliphatic carbocycles. The van der Waals surface area contributed by atoms with Gasteiger partial charge in [-0.2, -0.15) is 0 Å². The van der Waals surface area contributed by atoms with Crippen molar-refractivity contribution in [3.8, 4) is 0 Å². The van der Waals surface area contributed by atoms with Gasteiger partial charge in [-0.25, -0.2) is 0 Å². The molecular weight excluding hydrogens is 234 g/mol. The van der Waals surface area contributed by atoms with Gasteiger partial charge >= 0.3 is 5.97 Å². The molecule has 0 saturated heterocycles. The van der Waals surface area contributed by atoms with Crippen LogP contribution in [0.4, 0.5) is 0 Å². The first kappa shape index (κ1) is 14.2. The molecule has 0 radical (unpaired) electrons. The molecule has 3 nitrogen and oxygen atoms in total. The highest BCUT2D eigenvalue weighted by atomic mass is 32.1. The lowest BCUT2D eigenvalue weighted by Gasteiger charge is -2.16. The molecule has 0 amide bonds. The van der Waals surface area contributed by atoms with Crippen LogP contribution in [-0.2, 0) is 16.0 Å². The maximum absolute atomic E-state index is 11.4. The minimum absolute atomic E-state index is 0.0827. The van der Waals surface area contributed by atoms with Crippen LogP contribution in [0.5, 0.6) is 0 Å². The second-order valence-corrected chi connectivity index (χ2v) is 5.28. The van der Waals surface area contributed by atoms with E-state index in [2.05, 4.69) is 29.8 Å². The summed E-state index contributed by atoms with van der Waals surface area (Å²) in [6.45, 7) is 6.98. The van der Waals surface area contributed by atoms with Crippen molar-refractivity contribution < 1.29 is 9.53 Å². The maximum atomic E-state index is 11.4. The molecule has 1 aromatic rings. The van der Waals surface area contributed by atoms with Crippen molar-refractivity contribution in [2.24, 2.45) is 5.92 Å². The van der Waals surface area contributed by atoms with Crippen molar-refractivity contribution in [1.82, 2.24) is 5.32 Å². The first-order valence-electron chi connectivity index (χ1n) is 6.05. The minimum atomic E-state index is -0.122. The molecule has 0 aromatic carbocycles. The second-order valence-electron chi connectivity index (χ2n) is 4.25. The van der Waals surface area contributed by atoms with Crippen LogP contribution >= 0.6 is 11.3 Å². The van der Waals surface area contributed by atoms with Gasteiger partial charge in [-0.3, -0.25) is 4.79 Å². The summed E-state index contributed by atoms with van der Waals surface area (Å²) in [5.74, 6) is -0.205. The Morgan fingerprint density at radius 1 is 1.53 bits per heavy atom. The van der Waals surface area contributed by atoms with Gasteiger partial charge in [0.05, 0.1) is 12.5 Å². The Balaban J connectivity index is 2.23. The van der Waals surface area contributed by atoms with Crippen LogP contribution in [0.3, 0.4) is 0 Å². The van der Waals surface area contributed by atoms with Crippen molar-refractivity contribution in [2.45, 2.75) is 33.2 Å². The van der Waals surface area contributed by atoms with Crippen LogP contribution in [-0.4, -0.2) is 25.2 Å². The third-order valence-corrected chi connectivity index (χ3v) is 3.45. The molecule has 1 N–H and O–H groups in total. The van der Waals surface area contributed by atoms with Crippen molar-refractivity contribution in [2.75, 3.05) is 13.2 Å². The lowest BCUT2D eigenvalue weighted by molar-refractivity contribution is -0.147. The zero-order chi connectivity index (χ0) is 12.7. The van der Waals surface area contributed by atoms with Gasteiger partial charge in [-0.15, -0.1) is 11.3 Å². The molecule has 0 fully saturated rings. The van der Waals surface area contributed by atoms with Crippen molar-refractivity contribution in [1.29, 1.82) is 0 Å². The fourth-order valence-corrected chi connectivity index (χ4v) is 2.38. The van der Waals surface area contributed by atoms with Crippen molar-refractivity contribution in [3.63, 3.8) is 0 Å². The van der Waals surface area contributed by atoms with Crippen LogP contribution in [0.1, 0.15) is 25.6 Å². The van der Waals surface area contributed by atoms with E-state index in [1.165, 1.54) is 4.88 Å². The monoisotopic (exact) mass is 255 g/mol. The third kappa shape index (κ3) is 5.33. The van der Waals surface area contributed by atoms with Crippen LogP contribution < -0.4 is 5.32 Å². The number of ether oxygens (including phenoxy) is 1. The molecule has 0 aliphatic rings. The Hall–Kier alpha value is -0.870. The number of rotatable bonds is 7. The average molecular weight is 255 g/mol. The molecule has 0 saturated carbocycles. The summed E-state index contributed by atoms with van der Waals surface area (Å²) >= 11 is 1.77. The quantitative estimate of drug-likeness (QED) is 0.761. The molecule has 1 aromatic heterocycles. The van der Waals surface area contributed by atoms with Crippen LogP contribution in [0.25, 0.3) is 0 Å². The molecular formula is C13H21NO2S. The van der Waals surface area contributed by atoms with E-state index in [-0.39, 0.29) is 11.9 Å². The van der Waals surface area contributed by atoms with E-state index in [0.29, 0.717) is 19.2 Å². The first-order valence-corrected chi connectivity index (χ1v) is 6.93. The summed E-state index contributed by atoms with van der Waals surface area (Å²) in [5.41, 5.74) is 0. The number of hydrogen-bond donors (Lipinski definition) is 1. The standard InChI is InChI=1S/C13H21NO2S/c1-4-16-13(15)10(2)9-14-11(3)8-12-6-5-7-17-12/h5-7,10-11,14H,4,8-9H2,1-3H3. The molecule has 0 aliphatic heterocycles. The van der Waals surface area contributed by atoms with Gasteiger partial charge in [-0.1, -0.05) is 13.0 Å². The summed E-state index contributed by atoms with van der Waals surface area (Å²) < 4.78 is 4.96. The van der Waals surface area contributed by atoms with Gasteiger partial charge in [0.2, 0.25) is 0 Å². The largest absolute Gasteiger partial charge is 0.466 e. The number of thiophene rings is 1. The van der Waals surface area contributed by atoms with Gasteiger partial charge in [0.15, 0.2) is 0 Å². The SMILES string of the molecule is CCOC(=O)C(C)CNC(C)Cc1cccs1. The maximum Gasteiger partial charge on any atom is 0.309 e. The number of carbonyl (C=O) groups is 1.